The molecule has 1 saturated heterocycles. The summed E-state index contributed by atoms with van der Waals surface area (Å²) in [6.07, 6.45) is -8.99. The van der Waals surface area contributed by atoms with Crippen LogP contribution in [0.3, 0.4) is 0 Å². The van der Waals surface area contributed by atoms with Gasteiger partial charge in [0.1, 0.15) is 0 Å². The Balaban J connectivity index is 1.51. The van der Waals surface area contributed by atoms with Gasteiger partial charge < -0.3 is 14.5 Å². The van der Waals surface area contributed by atoms with Crippen LogP contribution in [0.4, 0.5) is 32.0 Å². The van der Waals surface area contributed by atoms with Crippen molar-refractivity contribution in [2.45, 2.75) is 69.5 Å². The second-order valence-electron chi connectivity index (χ2n) is 9.62. The molecule has 0 spiro atoms. The van der Waals surface area contributed by atoms with E-state index in [-0.39, 0.29) is 76.0 Å². The van der Waals surface area contributed by atoms with E-state index >= 15 is 0 Å². The van der Waals surface area contributed by atoms with Crippen LogP contribution in [0.25, 0.3) is 0 Å². The first kappa shape index (κ1) is 27.1. The number of nitrogens with zero attached hydrogens (tertiary/aromatic N) is 3. The Hall–Kier alpha value is -2.90. The summed E-state index contributed by atoms with van der Waals surface area (Å²) in [6, 6.07) is -0.180. The lowest BCUT2D eigenvalue weighted by atomic mass is 9.94. The second kappa shape index (κ2) is 10.1. The maximum absolute atomic E-state index is 13.4. The number of nitro groups is 1. The Morgan fingerprint density at radius 2 is 1.70 bits per heavy atom. The summed E-state index contributed by atoms with van der Waals surface area (Å²) in [5, 5.41) is 11.4. The zero-order valence-corrected chi connectivity index (χ0v) is 19.6. The van der Waals surface area contributed by atoms with Gasteiger partial charge >= 0.3 is 18.3 Å². The zero-order valence-electron chi connectivity index (χ0n) is 19.6. The number of amides is 2. The number of halogens is 6. The van der Waals surface area contributed by atoms with Crippen molar-refractivity contribution in [3.63, 3.8) is 0 Å². The molecule has 2 aliphatic heterocycles. The summed E-state index contributed by atoms with van der Waals surface area (Å²) in [5.41, 5.74) is -1.69. The van der Waals surface area contributed by atoms with Gasteiger partial charge in [-0.15, -0.1) is 0 Å². The fourth-order valence-corrected chi connectivity index (χ4v) is 5.62. The van der Waals surface area contributed by atoms with Crippen molar-refractivity contribution in [3.05, 3.63) is 38.9 Å². The molecule has 8 nitrogen and oxygen atoms in total. The van der Waals surface area contributed by atoms with Crippen molar-refractivity contribution in [3.8, 4) is 0 Å². The molecule has 1 aromatic carbocycles. The summed E-state index contributed by atoms with van der Waals surface area (Å²) in [6.45, 7) is 0.205. The minimum absolute atomic E-state index is 0.00407. The van der Waals surface area contributed by atoms with Crippen molar-refractivity contribution in [1.82, 2.24) is 9.80 Å². The third-order valence-electron chi connectivity index (χ3n) is 7.36. The van der Waals surface area contributed by atoms with Gasteiger partial charge in [-0.3, -0.25) is 19.7 Å². The minimum atomic E-state index is -5.07. The first-order valence-electron chi connectivity index (χ1n) is 11.9. The molecule has 0 bridgehead atoms. The summed E-state index contributed by atoms with van der Waals surface area (Å²) in [7, 11) is 0. The van der Waals surface area contributed by atoms with E-state index in [4.69, 9.17) is 4.74 Å². The van der Waals surface area contributed by atoms with Crippen LogP contribution in [-0.4, -0.2) is 64.6 Å². The second-order valence-corrected chi connectivity index (χ2v) is 9.62. The minimum Gasteiger partial charge on any atom is -0.381 e. The van der Waals surface area contributed by atoms with Gasteiger partial charge in [-0.1, -0.05) is 0 Å². The van der Waals surface area contributed by atoms with E-state index < -0.39 is 58.3 Å². The van der Waals surface area contributed by atoms with E-state index in [9.17, 15) is 46.0 Å². The molecule has 2 unspecified atom stereocenters. The molecule has 0 N–H and O–H groups in total. The quantitative estimate of drug-likeness (QED) is 0.326. The third kappa shape index (κ3) is 5.68. The predicted octanol–water partition coefficient (Wildman–Crippen LogP) is 4.24. The van der Waals surface area contributed by atoms with Crippen molar-refractivity contribution < 1.29 is 45.6 Å². The highest BCUT2D eigenvalue weighted by molar-refractivity contribution is 5.83. The predicted molar refractivity (Wildman–Crippen MR) is 115 cm³/mol. The van der Waals surface area contributed by atoms with Crippen LogP contribution in [0.2, 0.25) is 0 Å². The van der Waals surface area contributed by atoms with Crippen molar-refractivity contribution >= 4 is 17.5 Å². The maximum atomic E-state index is 13.4. The van der Waals surface area contributed by atoms with E-state index in [0.717, 1.165) is 11.0 Å². The molecule has 3 aliphatic rings. The van der Waals surface area contributed by atoms with E-state index in [1.807, 2.05) is 0 Å². The van der Waals surface area contributed by atoms with E-state index in [1.165, 1.54) is 4.90 Å². The Morgan fingerprint density at radius 1 is 1.03 bits per heavy atom. The Labute approximate surface area is 207 Å². The van der Waals surface area contributed by atoms with Gasteiger partial charge in [0, 0.05) is 55.9 Å². The number of benzene rings is 1. The first-order chi connectivity index (χ1) is 17.3. The largest absolute Gasteiger partial charge is 0.471 e. The summed E-state index contributed by atoms with van der Waals surface area (Å²) < 4.78 is 85.2. The van der Waals surface area contributed by atoms with Gasteiger partial charge in [0.05, 0.1) is 10.5 Å². The molecule has 2 fully saturated rings. The number of alkyl halides is 6. The lowest BCUT2D eigenvalue weighted by Gasteiger charge is -2.39. The third-order valence-corrected chi connectivity index (χ3v) is 7.36. The maximum Gasteiger partial charge on any atom is 0.471 e. The Kier molecular flexibility index (Phi) is 7.41. The van der Waals surface area contributed by atoms with Crippen LogP contribution in [0.1, 0.15) is 48.8 Å². The number of carbonyl (C=O) groups excluding carboxylic acids is 2. The number of nitro benzene ring substituents is 1. The smallest absolute Gasteiger partial charge is 0.381 e. The van der Waals surface area contributed by atoms with Crippen LogP contribution in [0.5, 0.6) is 0 Å². The van der Waals surface area contributed by atoms with Gasteiger partial charge in [0.15, 0.2) is 0 Å². The van der Waals surface area contributed by atoms with E-state index in [1.54, 1.807) is 0 Å². The molecule has 2 atom stereocenters. The van der Waals surface area contributed by atoms with Crippen LogP contribution < -0.4 is 0 Å². The van der Waals surface area contributed by atoms with Crippen LogP contribution in [0.15, 0.2) is 12.1 Å². The summed E-state index contributed by atoms with van der Waals surface area (Å²) >= 11 is 0. The van der Waals surface area contributed by atoms with Crippen molar-refractivity contribution in [1.29, 1.82) is 0 Å². The molecule has 14 heteroatoms. The molecular weight excluding hydrogens is 512 g/mol. The fraction of sp³-hybridized carbons (Fsp3) is 0.652. The number of carbonyl (C=O) groups is 2. The van der Waals surface area contributed by atoms with Gasteiger partial charge in [0.25, 0.3) is 5.69 Å². The first-order valence-corrected chi connectivity index (χ1v) is 11.9. The topological polar surface area (TPSA) is 93.0 Å². The highest BCUT2D eigenvalue weighted by atomic mass is 19.4. The summed E-state index contributed by atoms with van der Waals surface area (Å²) in [5.74, 6) is -3.10. The molecule has 0 aromatic heterocycles. The molecule has 37 heavy (non-hydrogen) atoms. The average molecular weight is 537 g/mol. The van der Waals surface area contributed by atoms with Crippen molar-refractivity contribution in [2.75, 3.05) is 19.8 Å². The van der Waals surface area contributed by atoms with E-state index in [2.05, 4.69) is 0 Å². The number of ether oxygens (including phenoxy) is 1. The number of rotatable bonds is 4. The van der Waals surface area contributed by atoms with Gasteiger partial charge in [0.2, 0.25) is 5.91 Å². The Bertz CT molecular complexity index is 1070. The highest BCUT2D eigenvalue weighted by Crippen LogP contribution is 2.39. The van der Waals surface area contributed by atoms with Crippen LogP contribution in [-0.2, 0) is 33.5 Å². The molecule has 0 radical (unpaired) electrons. The monoisotopic (exact) mass is 537 g/mol. The Morgan fingerprint density at radius 3 is 2.30 bits per heavy atom. The lowest BCUT2D eigenvalue weighted by Crippen LogP contribution is -2.53. The lowest BCUT2D eigenvalue weighted by molar-refractivity contribution is -0.385. The SMILES string of the molecule is O=C(C1CCC(N(C(=O)C(F)(F)F)C2CCOCC2)C1)N1CCc2c(cc(C(F)(F)F)cc2[N+](=O)[O-])C1. The van der Waals surface area contributed by atoms with Crippen LogP contribution >= 0.6 is 0 Å². The molecule has 1 aromatic rings. The van der Waals surface area contributed by atoms with Gasteiger partial charge in [-0.05, 0) is 50.2 Å². The van der Waals surface area contributed by atoms with Crippen LogP contribution in [0, 0.1) is 16.0 Å². The normalized spacial score (nSPS) is 23.0. The van der Waals surface area contributed by atoms with Crippen molar-refractivity contribution in [2.24, 2.45) is 5.92 Å². The van der Waals surface area contributed by atoms with Gasteiger partial charge in [-0.25, -0.2) is 0 Å². The van der Waals surface area contributed by atoms with Gasteiger partial charge in [-0.2, -0.15) is 26.3 Å². The molecule has 2 amide bonds. The highest BCUT2D eigenvalue weighted by Gasteiger charge is 2.49. The molecule has 204 valence electrons. The number of fused-ring (bicyclic) bond motifs is 1. The zero-order chi connectivity index (χ0) is 27.1. The number of hydrogen-bond donors (Lipinski definition) is 0. The average Bonchev–Trinajstić information content (AvgIpc) is 3.31. The summed E-state index contributed by atoms with van der Waals surface area (Å²) in [4.78, 5) is 38.2. The molecule has 1 saturated carbocycles. The van der Waals surface area contributed by atoms with E-state index in [0.29, 0.717) is 6.07 Å². The molecular formula is C23H25F6N3O5. The fourth-order valence-electron chi connectivity index (χ4n) is 5.62. The molecule has 1 aliphatic carbocycles. The molecule has 2 heterocycles. The standard InChI is InChI=1S/C23H25F6N3O5/c24-22(25,26)15-9-14-12-30(6-3-18(14)19(11-15)32(35)36)20(33)13-1-2-17(10-13)31(21(34)23(27,28)29)16-4-7-37-8-5-16/h9,11,13,16-17H,1-8,10,12H2. The number of hydrogen-bond acceptors (Lipinski definition) is 5. The molecule has 4 rings (SSSR count).